The molecule has 0 bridgehead atoms. The minimum atomic E-state index is -0.711. The number of nitro groups is 1. The van der Waals surface area contributed by atoms with Crippen molar-refractivity contribution >= 4 is 40.6 Å². The van der Waals surface area contributed by atoms with Crippen LogP contribution in [0.5, 0.6) is 0 Å². The fraction of sp³-hybridized carbons (Fsp3) is 0.176. The highest BCUT2D eigenvalue weighted by molar-refractivity contribution is 6.33. The lowest BCUT2D eigenvalue weighted by molar-refractivity contribution is -0.389. The summed E-state index contributed by atoms with van der Waals surface area (Å²) in [6.07, 6.45) is 1.65. The molecule has 1 aromatic carbocycles. The molecule has 0 spiro atoms. The Morgan fingerprint density at radius 2 is 1.90 bits per heavy atom. The van der Waals surface area contributed by atoms with Gasteiger partial charge in [-0.2, -0.15) is 9.78 Å². The summed E-state index contributed by atoms with van der Waals surface area (Å²) in [6.45, 7) is 1.27. The van der Waals surface area contributed by atoms with Crippen LogP contribution in [0.25, 0.3) is 0 Å². The number of aromatic nitrogens is 4. The Bertz CT molecular complexity index is 1110. The number of aryl methyl sites for hydroxylation is 1. The Morgan fingerprint density at radius 3 is 2.48 bits per heavy atom. The van der Waals surface area contributed by atoms with Crippen molar-refractivity contribution in [1.82, 2.24) is 19.6 Å². The summed E-state index contributed by atoms with van der Waals surface area (Å²) in [5, 5.41) is 23.9. The standard InChI is InChI=1S/C17H16ClN7O4/c1-10-15(18)16(25(28)29)22-24(10)9-14(26)19-11-4-3-5-12(8-11)20-17(27)13-6-7-23(2)21-13/h3-8H,9H2,1-2H3,(H,19,26)(H,20,27). The van der Waals surface area contributed by atoms with E-state index in [-0.39, 0.29) is 23.2 Å². The van der Waals surface area contributed by atoms with Gasteiger partial charge in [-0.3, -0.25) is 14.3 Å². The molecule has 0 saturated heterocycles. The van der Waals surface area contributed by atoms with Gasteiger partial charge in [0.25, 0.3) is 5.91 Å². The average molecular weight is 418 g/mol. The molecule has 2 N–H and O–H groups in total. The average Bonchev–Trinajstić information content (AvgIpc) is 3.21. The normalized spacial score (nSPS) is 10.6. The van der Waals surface area contributed by atoms with Crippen molar-refractivity contribution in [2.45, 2.75) is 13.5 Å². The molecule has 0 aliphatic rings. The SMILES string of the molecule is Cc1c(Cl)c([N+](=O)[O-])nn1CC(=O)Nc1cccc(NC(=O)c2ccn(C)n2)c1. The summed E-state index contributed by atoms with van der Waals surface area (Å²) in [6, 6.07) is 8.11. The lowest BCUT2D eigenvalue weighted by Gasteiger charge is -2.08. The number of amides is 2. The summed E-state index contributed by atoms with van der Waals surface area (Å²) in [5.41, 5.74) is 1.46. The third kappa shape index (κ3) is 4.58. The van der Waals surface area contributed by atoms with Crippen LogP contribution in [-0.4, -0.2) is 36.3 Å². The van der Waals surface area contributed by atoms with Crippen molar-refractivity contribution < 1.29 is 14.5 Å². The zero-order valence-electron chi connectivity index (χ0n) is 15.4. The molecule has 0 atom stereocenters. The lowest BCUT2D eigenvalue weighted by atomic mass is 10.2. The maximum atomic E-state index is 12.3. The molecule has 3 aromatic rings. The number of carbonyl (C=O) groups excluding carboxylic acids is 2. The van der Waals surface area contributed by atoms with E-state index in [2.05, 4.69) is 20.8 Å². The molecule has 0 aliphatic carbocycles. The van der Waals surface area contributed by atoms with Crippen LogP contribution in [0.15, 0.2) is 36.5 Å². The number of halogens is 1. The molecule has 150 valence electrons. The molecule has 11 nitrogen and oxygen atoms in total. The van der Waals surface area contributed by atoms with Crippen molar-refractivity contribution in [2.24, 2.45) is 7.05 Å². The quantitative estimate of drug-likeness (QED) is 0.466. The predicted molar refractivity (Wildman–Crippen MR) is 105 cm³/mol. The molecule has 0 aliphatic heterocycles. The summed E-state index contributed by atoms with van der Waals surface area (Å²) in [7, 11) is 1.70. The minimum absolute atomic E-state index is 0.109. The van der Waals surface area contributed by atoms with Gasteiger partial charge in [-0.05, 0) is 36.1 Å². The smallest absolute Gasteiger partial charge is 0.358 e. The van der Waals surface area contributed by atoms with Crippen LogP contribution < -0.4 is 10.6 Å². The lowest BCUT2D eigenvalue weighted by Crippen LogP contribution is -2.20. The highest BCUT2D eigenvalue weighted by atomic mass is 35.5. The van der Waals surface area contributed by atoms with Gasteiger partial charge in [0.2, 0.25) is 5.91 Å². The number of anilines is 2. The van der Waals surface area contributed by atoms with E-state index >= 15 is 0 Å². The van der Waals surface area contributed by atoms with Gasteiger partial charge in [0.15, 0.2) is 10.7 Å². The van der Waals surface area contributed by atoms with E-state index in [0.717, 1.165) is 4.68 Å². The summed E-state index contributed by atoms with van der Waals surface area (Å²) in [4.78, 5) is 34.7. The Kier molecular flexibility index (Phi) is 5.59. The fourth-order valence-electron chi connectivity index (χ4n) is 2.52. The third-order valence-corrected chi connectivity index (χ3v) is 4.38. The molecule has 3 rings (SSSR count). The first-order valence-corrected chi connectivity index (χ1v) is 8.70. The predicted octanol–water partition coefficient (Wildman–Crippen LogP) is 2.38. The first-order chi connectivity index (χ1) is 13.7. The second-order valence-corrected chi connectivity index (χ2v) is 6.47. The van der Waals surface area contributed by atoms with Crippen LogP contribution in [0.4, 0.5) is 17.2 Å². The van der Waals surface area contributed by atoms with Crippen molar-refractivity contribution in [3.63, 3.8) is 0 Å². The Labute approximate surface area is 169 Å². The maximum Gasteiger partial charge on any atom is 0.408 e. The molecule has 2 aromatic heterocycles. The van der Waals surface area contributed by atoms with E-state index in [1.165, 1.54) is 11.6 Å². The number of hydrogen-bond acceptors (Lipinski definition) is 6. The van der Waals surface area contributed by atoms with Crippen molar-refractivity contribution in [3.05, 3.63) is 63.1 Å². The minimum Gasteiger partial charge on any atom is -0.358 e. The van der Waals surface area contributed by atoms with Crippen LogP contribution in [0, 0.1) is 17.0 Å². The molecular weight excluding hydrogens is 402 g/mol. The van der Waals surface area contributed by atoms with Gasteiger partial charge in [0.1, 0.15) is 6.54 Å². The molecule has 12 heteroatoms. The monoisotopic (exact) mass is 417 g/mol. The molecule has 0 fully saturated rings. The van der Waals surface area contributed by atoms with Gasteiger partial charge >= 0.3 is 5.82 Å². The number of hydrogen-bond donors (Lipinski definition) is 2. The van der Waals surface area contributed by atoms with Gasteiger partial charge in [-0.25, -0.2) is 0 Å². The van der Waals surface area contributed by atoms with Crippen LogP contribution in [-0.2, 0) is 18.4 Å². The summed E-state index contributed by atoms with van der Waals surface area (Å²) < 4.78 is 2.67. The maximum absolute atomic E-state index is 12.3. The van der Waals surface area contributed by atoms with Crippen LogP contribution in [0.2, 0.25) is 5.02 Å². The Morgan fingerprint density at radius 1 is 1.21 bits per heavy atom. The Hall–Kier alpha value is -3.73. The highest BCUT2D eigenvalue weighted by Gasteiger charge is 2.25. The topological polar surface area (TPSA) is 137 Å². The highest BCUT2D eigenvalue weighted by Crippen LogP contribution is 2.26. The molecule has 29 heavy (non-hydrogen) atoms. The van der Waals surface area contributed by atoms with Crippen LogP contribution in [0.1, 0.15) is 16.2 Å². The largest absolute Gasteiger partial charge is 0.408 e. The molecule has 2 amide bonds. The number of benzene rings is 1. The zero-order valence-corrected chi connectivity index (χ0v) is 16.2. The van der Waals surface area contributed by atoms with Crippen molar-refractivity contribution in [3.8, 4) is 0 Å². The molecule has 0 unspecified atom stereocenters. The Balaban J connectivity index is 1.67. The van der Waals surface area contributed by atoms with E-state index in [0.29, 0.717) is 17.1 Å². The first-order valence-electron chi connectivity index (χ1n) is 8.33. The van der Waals surface area contributed by atoms with Crippen molar-refractivity contribution in [2.75, 3.05) is 10.6 Å². The second kappa shape index (κ2) is 8.10. The molecule has 0 radical (unpaired) electrons. The van der Waals surface area contributed by atoms with Crippen LogP contribution in [0.3, 0.4) is 0 Å². The number of nitrogens with zero attached hydrogens (tertiary/aromatic N) is 5. The van der Waals surface area contributed by atoms with Gasteiger partial charge < -0.3 is 20.7 Å². The second-order valence-electron chi connectivity index (χ2n) is 6.10. The van der Waals surface area contributed by atoms with Crippen LogP contribution >= 0.6 is 11.6 Å². The summed E-state index contributed by atoms with van der Waals surface area (Å²) in [5.74, 6) is -1.35. The van der Waals surface area contributed by atoms with E-state index in [4.69, 9.17) is 11.6 Å². The van der Waals surface area contributed by atoms with Gasteiger partial charge in [-0.15, -0.1) is 0 Å². The molecule has 0 saturated carbocycles. The van der Waals surface area contributed by atoms with Gasteiger partial charge in [-0.1, -0.05) is 17.7 Å². The molecule has 2 heterocycles. The molecular formula is C17H16ClN7O4. The van der Waals surface area contributed by atoms with Gasteiger partial charge in [0, 0.05) is 24.6 Å². The van der Waals surface area contributed by atoms with Crippen molar-refractivity contribution in [1.29, 1.82) is 0 Å². The fourth-order valence-corrected chi connectivity index (χ4v) is 2.73. The van der Waals surface area contributed by atoms with E-state index in [1.54, 1.807) is 43.6 Å². The van der Waals surface area contributed by atoms with E-state index in [9.17, 15) is 19.7 Å². The number of rotatable bonds is 6. The number of nitrogens with one attached hydrogen (secondary N) is 2. The van der Waals surface area contributed by atoms with Gasteiger partial charge in [0.05, 0.1) is 10.8 Å². The van der Waals surface area contributed by atoms with E-state index < -0.39 is 16.6 Å². The van der Waals surface area contributed by atoms with E-state index in [1.807, 2.05) is 0 Å². The number of carbonyl (C=O) groups is 2. The third-order valence-electron chi connectivity index (χ3n) is 3.93. The first kappa shape index (κ1) is 20.0. The summed E-state index contributed by atoms with van der Waals surface area (Å²) >= 11 is 5.87. The zero-order chi connectivity index (χ0) is 21.1.